The largest absolute Gasteiger partial charge is 0.480 e. The summed E-state index contributed by atoms with van der Waals surface area (Å²) in [6, 6.07) is -0.263. The van der Waals surface area contributed by atoms with Crippen LogP contribution >= 0.6 is 0 Å². The maximum absolute atomic E-state index is 11.4. The fourth-order valence-electron chi connectivity index (χ4n) is 6.25. The van der Waals surface area contributed by atoms with Gasteiger partial charge in [0, 0.05) is 0 Å². The SMILES string of the molecule is O=C(O)[C@H]1NCCC1C12CC3CC(CC(C3)C1)C2. The molecule has 2 N–H and O–H groups in total. The number of carboxylic acids is 1. The Bertz CT molecular complexity index is 343. The highest BCUT2D eigenvalue weighted by Crippen LogP contribution is 2.64. The molecule has 0 aromatic heterocycles. The molecule has 5 fully saturated rings. The lowest BCUT2D eigenvalue weighted by molar-refractivity contribution is -0.145. The quantitative estimate of drug-likeness (QED) is 0.789. The molecule has 4 saturated carbocycles. The van der Waals surface area contributed by atoms with E-state index >= 15 is 0 Å². The zero-order valence-corrected chi connectivity index (χ0v) is 10.9. The van der Waals surface area contributed by atoms with Gasteiger partial charge in [-0.1, -0.05) is 0 Å². The maximum Gasteiger partial charge on any atom is 0.321 e. The van der Waals surface area contributed by atoms with E-state index in [0.29, 0.717) is 11.3 Å². The van der Waals surface area contributed by atoms with E-state index in [1.807, 2.05) is 0 Å². The van der Waals surface area contributed by atoms with E-state index in [1.165, 1.54) is 38.5 Å². The van der Waals surface area contributed by atoms with Crippen molar-refractivity contribution in [2.75, 3.05) is 6.54 Å². The van der Waals surface area contributed by atoms with Crippen molar-refractivity contribution >= 4 is 5.97 Å². The van der Waals surface area contributed by atoms with Crippen LogP contribution in [-0.4, -0.2) is 23.7 Å². The van der Waals surface area contributed by atoms with Gasteiger partial charge in [-0.3, -0.25) is 4.79 Å². The van der Waals surface area contributed by atoms with Crippen molar-refractivity contribution in [3.05, 3.63) is 0 Å². The van der Waals surface area contributed by atoms with Gasteiger partial charge in [-0.25, -0.2) is 0 Å². The molecule has 1 heterocycles. The summed E-state index contributed by atoms with van der Waals surface area (Å²) in [5, 5.41) is 12.7. The van der Waals surface area contributed by atoms with Gasteiger partial charge in [-0.2, -0.15) is 0 Å². The first-order valence-corrected chi connectivity index (χ1v) is 7.62. The normalized spacial score (nSPS) is 53.9. The Labute approximate surface area is 108 Å². The third-order valence-corrected chi connectivity index (χ3v) is 6.36. The molecule has 0 amide bonds. The number of aliphatic carboxylic acids is 1. The zero-order chi connectivity index (χ0) is 12.3. The van der Waals surface area contributed by atoms with Crippen LogP contribution in [0, 0.1) is 29.1 Å². The van der Waals surface area contributed by atoms with Crippen LogP contribution in [0.15, 0.2) is 0 Å². The van der Waals surface area contributed by atoms with Crippen LogP contribution in [0.3, 0.4) is 0 Å². The molecule has 1 unspecified atom stereocenters. The first-order chi connectivity index (χ1) is 8.66. The van der Waals surface area contributed by atoms with E-state index in [1.54, 1.807) is 0 Å². The van der Waals surface area contributed by atoms with E-state index in [2.05, 4.69) is 5.32 Å². The molecule has 2 atom stereocenters. The monoisotopic (exact) mass is 249 g/mol. The number of rotatable bonds is 2. The lowest BCUT2D eigenvalue weighted by Gasteiger charge is -2.59. The van der Waals surface area contributed by atoms with Crippen molar-refractivity contribution < 1.29 is 9.90 Å². The molecular weight excluding hydrogens is 226 g/mol. The molecule has 0 radical (unpaired) electrons. The van der Waals surface area contributed by atoms with Crippen molar-refractivity contribution in [3.63, 3.8) is 0 Å². The third-order valence-electron chi connectivity index (χ3n) is 6.36. The molecule has 3 heteroatoms. The lowest BCUT2D eigenvalue weighted by Crippen LogP contribution is -2.53. The Morgan fingerprint density at radius 2 is 1.61 bits per heavy atom. The molecule has 100 valence electrons. The third kappa shape index (κ3) is 1.49. The van der Waals surface area contributed by atoms with Gasteiger partial charge in [0.05, 0.1) is 0 Å². The first-order valence-electron chi connectivity index (χ1n) is 7.62. The molecule has 0 aromatic rings. The smallest absolute Gasteiger partial charge is 0.321 e. The average Bonchev–Trinajstić information content (AvgIpc) is 2.76. The second-order valence-corrected chi connectivity index (χ2v) is 7.45. The highest BCUT2D eigenvalue weighted by molar-refractivity contribution is 5.74. The topological polar surface area (TPSA) is 49.3 Å². The second kappa shape index (κ2) is 3.72. The fourth-order valence-corrected chi connectivity index (χ4v) is 6.25. The first kappa shape index (κ1) is 11.3. The maximum atomic E-state index is 11.4. The number of hydrogen-bond donors (Lipinski definition) is 2. The molecule has 0 spiro atoms. The van der Waals surface area contributed by atoms with Crippen LogP contribution < -0.4 is 5.32 Å². The summed E-state index contributed by atoms with van der Waals surface area (Å²) >= 11 is 0. The van der Waals surface area contributed by atoms with Crippen molar-refractivity contribution in [2.24, 2.45) is 29.1 Å². The van der Waals surface area contributed by atoms with Crippen molar-refractivity contribution in [3.8, 4) is 0 Å². The molecule has 1 aliphatic heterocycles. The summed E-state index contributed by atoms with van der Waals surface area (Å²) in [6.45, 7) is 0.906. The van der Waals surface area contributed by atoms with Crippen molar-refractivity contribution in [2.45, 2.75) is 51.0 Å². The molecule has 5 rings (SSSR count). The highest BCUT2D eigenvalue weighted by Gasteiger charge is 2.57. The molecule has 18 heavy (non-hydrogen) atoms. The zero-order valence-electron chi connectivity index (χ0n) is 10.9. The van der Waals surface area contributed by atoms with Crippen molar-refractivity contribution in [1.82, 2.24) is 5.32 Å². The van der Waals surface area contributed by atoms with Gasteiger partial charge in [0.1, 0.15) is 6.04 Å². The van der Waals surface area contributed by atoms with E-state index in [4.69, 9.17) is 0 Å². The summed E-state index contributed by atoms with van der Waals surface area (Å²) in [4.78, 5) is 11.4. The number of nitrogens with one attached hydrogen (secondary N) is 1. The Kier molecular flexibility index (Phi) is 2.33. The minimum absolute atomic E-state index is 0.263. The van der Waals surface area contributed by atoms with Crippen LogP contribution in [0.2, 0.25) is 0 Å². The van der Waals surface area contributed by atoms with Crippen LogP contribution in [-0.2, 0) is 4.79 Å². The fraction of sp³-hybridized carbons (Fsp3) is 0.933. The molecular formula is C15H23NO2. The summed E-state index contributed by atoms with van der Waals surface area (Å²) < 4.78 is 0. The average molecular weight is 249 g/mol. The standard InChI is InChI=1S/C15H23NO2/c17-14(18)13-12(1-2-16-13)15-6-9-3-10(7-15)5-11(4-9)8-15/h9-13,16H,1-8H2,(H,17,18)/t9?,10?,11?,12?,13-,15?/m0/s1. The van der Waals surface area contributed by atoms with Gasteiger partial charge in [0.2, 0.25) is 0 Å². The Balaban J connectivity index is 1.65. The predicted molar refractivity (Wildman–Crippen MR) is 68.1 cm³/mol. The van der Waals surface area contributed by atoms with E-state index < -0.39 is 5.97 Å². The predicted octanol–water partition coefficient (Wildman–Crippen LogP) is 2.27. The van der Waals surface area contributed by atoms with Gasteiger partial charge >= 0.3 is 5.97 Å². The molecule has 4 aliphatic carbocycles. The van der Waals surface area contributed by atoms with Gasteiger partial charge in [0.15, 0.2) is 0 Å². The molecule has 0 aromatic carbocycles. The van der Waals surface area contributed by atoms with Gasteiger partial charge in [0.25, 0.3) is 0 Å². The summed E-state index contributed by atoms with van der Waals surface area (Å²) in [7, 11) is 0. The van der Waals surface area contributed by atoms with E-state index in [-0.39, 0.29) is 6.04 Å². The molecule has 3 nitrogen and oxygen atoms in total. The Morgan fingerprint density at radius 1 is 1.06 bits per heavy atom. The number of carboxylic acid groups (broad SMARTS) is 1. The second-order valence-electron chi connectivity index (χ2n) is 7.45. The minimum Gasteiger partial charge on any atom is -0.480 e. The van der Waals surface area contributed by atoms with Crippen LogP contribution in [0.4, 0.5) is 0 Å². The van der Waals surface area contributed by atoms with Crippen LogP contribution in [0.25, 0.3) is 0 Å². The Morgan fingerprint density at radius 3 is 2.11 bits per heavy atom. The minimum atomic E-state index is -0.617. The Hall–Kier alpha value is -0.570. The molecule has 4 bridgehead atoms. The molecule has 1 saturated heterocycles. The van der Waals surface area contributed by atoms with Gasteiger partial charge in [-0.15, -0.1) is 0 Å². The van der Waals surface area contributed by atoms with Crippen LogP contribution in [0.1, 0.15) is 44.9 Å². The van der Waals surface area contributed by atoms with Crippen LogP contribution in [0.5, 0.6) is 0 Å². The van der Waals surface area contributed by atoms with E-state index in [0.717, 1.165) is 30.7 Å². The highest BCUT2D eigenvalue weighted by atomic mass is 16.4. The molecule has 5 aliphatic rings. The summed E-state index contributed by atoms with van der Waals surface area (Å²) in [5.41, 5.74) is 0.390. The van der Waals surface area contributed by atoms with E-state index in [9.17, 15) is 9.90 Å². The van der Waals surface area contributed by atoms with Gasteiger partial charge < -0.3 is 10.4 Å². The summed E-state index contributed by atoms with van der Waals surface area (Å²) in [5.74, 6) is 2.56. The van der Waals surface area contributed by atoms with Gasteiger partial charge in [-0.05, 0) is 80.6 Å². The lowest BCUT2D eigenvalue weighted by atomic mass is 9.46. The summed E-state index contributed by atoms with van der Waals surface area (Å²) in [6.07, 6.45) is 9.40. The number of hydrogen-bond acceptors (Lipinski definition) is 2. The number of carbonyl (C=O) groups is 1. The van der Waals surface area contributed by atoms with Crippen molar-refractivity contribution in [1.29, 1.82) is 0 Å².